The third-order valence-corrected chi connectivity index (χ3v) is 6.00. The summed E-state index contributed by atoms with van der Waals surface area (Å²) in [5, 5.41) is 2.10. The lowest BCUT2D eigenvalue weighted by atomic mass is 9.92. The van der Waals surface area contributed by atoms with Gasteiger partial charge in [-0.25, -0.2) is 0 Å². The average Bonchev–Trinajstić information content (AvgIpc) is 3.15. The number of hydrogen-bond acceptors (Lipinski definition) is 3. The van der Waals surface area contributed by atoms with E-state index in [0.717, 1.165) is 12.0 Å². The van der Waals surface area contributed by atoms with E-state index >= 15 is 0 Å². The monoisotopic (exact) mass is 396 g/mol. The molecule has 1 aliphatic heterocycles. The van der Waals surface area contributed by atoms with Crippen molar-refractivity contribution in [3.63, 3.8) is 0 Å². The molecule has 0 saturated carbocycles. The Labute approximate surface area is 171 Å². The van der Waals surface area contributed by atoms with Crippen molar-refractivity contribution in [3.8, 4) is 0 Å². The minimum Gasteiger partial charge on any atom is -0.330 e. The van der Waals surface area contributed by atoms with Crippen LogP contribution >= 0.6 is 11.3 Å². The number of benzene rings is 1. The van der Waals surface area contributed by atoms with E-state index in [2.05, 4.69) is 30.2 Å². The first kappa shape index (κ1) is 20.3. The normalized spacial score (nSPS) is 16.4. The van der Waals surface area contributed by atoms with Gasteiger partial charge in [-0.2, -0.15) is 0 Å². The number of hydrogen-bond donors (Lipinski definition) is 0. The van der Waals surface area contributed by atoms with Gasteiger partial charge in [0.15, 0.2) is 0 Å². The van der Waals surface area contributed by atoms with Gasteiger partial charge < -0.3 is 9.80 Å². The largest absolute Gasteiger partial charge is 0.330 e. The highest BCUT2D eigenvalue weighted by molar-refractivity contribution is 7.10. The van der Waals surface area contributed by atoms with Crippen molar-refractivity contribution >= 4 is 23.2 Å². The van der Waals surface area contributed by atoms with Crippen LogP contribution in [0, 0.1) is 5.41 Å². The number of carbonyl (C=O) groups is 2. The molecular weight excluding hydrogens is 368 g/mol. The maximum absolute atomic E-state index is 13.3. The lowest BCUT2D eigenvalue weighted by Crippen LogP contribution is -2.49. The fraction of sp³-hybridized carbons (Fsp3) is 0.391. The Morgan fingerprint density at radius 3 is 2.61 bits per heavy atom. The number of rotatable bonds is 5. The van der Waals surface area contributed by atoms with E-state index in [0.29, 0.717) is 13.1 Å². The summed E-state index contributed by atoms with van der Waals surface area (Å²) in [4.78, 5) is 31.0. The van der Waals surface area contributed by atoms with E-state index in [1.165, 1.54) is 10.4 Å². The SMILES string of the molecule is C=CCN(CC(=O)N1CCc2sccc2[C@@H]1c1ccccc1)C(=O)C(C)(C)C. The molecule has 1 aromatic heterocycles. The number of amides is 2. The standard InChI is InChI=1S/C23H28N2O2S/c1-5-13-24(22(27)23(2,3)4)16-20(26)25-14-11-19-18(12-15-28-19)21(25)17-9-7-6-8-10-17/h5-10,12,15,21H,1,11,13-14,16H2,2-4H3/t21-/m0/s1. The van der Waals surface area contributed by atoms with Gasteiger partial charge in [-0.05, 0) is 29.0 Å². The molecule has 2 heterocycles. The summed E-state index contributed by atoms with van der Waals surface area (Å²) in [5.74, 6) is -0.0598. The molecule has 0 unspecified atom stereocenters. The van der Waals surface area contributed by atoms with Gasteiger partial charge in [0.05, 0.1) is 6.04 Å². The summed E-state index contributed by atoms with van der Waals surface area (Å²) in [5.41, 5.74) is 1.77. The molecule has 0 radical (unpaired) electrons. The van der Waals surface area contributed by atoms with Crippen LogP contribution in [0.4, 0.5) is 0 Å². The van der Waals surface area contributed by atoms with Crippen LogP contribution in [0.25, 0.3) is 0 Å². The Hall–Kier alpha value is -2.40. The number of carbonyl (C=O) groups excluding carboxylic acids is 2. The molecule has 0 saturated heterocycles. The molecule has 0 bridgehead atoms. The van der Waals surface area contributed by atoms with E-state index in [1.807, 2.05) is 43.9 Å². The van der Waals surface area contributed by atoms with Crippen molar-refractivity contribution < 1.29 is 9.59 Å². The fourth-order valence-corrected chi connectivity index (χ4v) is 4.59. The molecule has 3 rings (SSSR count). The maximum atomic E-state index is 13.3. The van der Waals surface area contributed by atoms with Gasteiger partial charge in [0.25, 0.3) is 0 Å². The number of fused-ring (bicyclic) bond motifs is 1. The van der Waals surface area contributed by atoms with Gasteiger partial charge in [-0.3, -0.25) is 9.59 Å². The van der Waals surface area contributed by atoms with Gasteiger partial charge in [-0.15, -0.1) is 17.9 Å². The molecule has 1 aromatic carbocycles. The third-order valence-electron chi connectivity index (χ3n) is 5.01. The van der Waals surface area contributed by atoms with Crippen LogP contribution in [0.3, 0.4) is 0 Å². The number of nitrogens with zero attached hydrogens (tertiary/aromatic N) is 2. The Bertz CT molecular complexity index is 851. The van der Waals surface area contributed by atoms with Crippen LogP contribution in [-0.2, 0) is 16.0 Å². The summed E-state index contributed by atoms with van der Waals surface area (Å²) in [6.07, 6.45) is 2.54. The van der Waals surface area contributed by atoms with E-state index in [4.69, 9.17) is 0 Å². The molecular formula is C23H28N2O2S. The number of thiophene rings is 1. The van der Waals surface area contributed by atoms with E-state index in [1.54, 1.807) is 22.3 Å². The molecule has 1 aliphatic rings. The van der Waals surface area contributed by atoms with Gasteiger partial charge >= 0.3 is 0 Å². The van der Waals surface area contributed by atoms with Crippen molar-refractivity contribution in [2.75, 3.05) is 19.6 Å². The molecule has 148 valence electrons. The molecule has 0 spiro atoms. The van der Waals surface area contributed by atoms with Crippen LogP contribution in [0.5, 0.6) is 0 Å². The van der Waals surface area contributed by atoms with Crippen LogP contribution in [-0.4, -0.2) is 41.2 Å². The fourth-order valence-electron chi connectivity index (χ4n) is 3.68. The summed E-state index contributed by atoms with van der Waals surface area (Å²) in [6.45, 7) is 10.5. The third kappa shape index (κ3) is 4.20. The van der Waals surface area contributed by atoms with Crippen LogP contribution in [0.2, 0.25) is 0 Å². The second kappa shape index (κ2) is 8.31. The molecule has 28 heavy (non-hydrogen) atoms. The highest BCUT2D eigenvalue weighted by Crippen LogP contribution is 2.37. The summed E-state index contributed by atoms with van der Waals surface area (Å²) in [6, 6.07) is 12.2. The maximum Gasteiger partial charge on any atom is 0.243 e. The van der Waals surface area contributed by atoms with Crippen molar-refractivity contribution in [1.82, 2.24) is 9.80 Å². The molecule has 2 amide bonds. The van der Waals surface area contributed by atoms with Crippen molar-refractivity contribution in [2.45, 2.75) is 33.2 Å². The van der Waals surface area contributed by atoms with Crippen LogP contribution in [0.1, 0.15) is 42.8 Å². The summed E-state index contributed by atoms with van der Waals surface area (Å²) < 4.78 is 0. The molecule has 0 aliphatic carbocycles. The molecule has 0 fully saturated rings. The first-order valence-corrected chi connectivity index (χ1v) is 10.5. The summed E-state index contributed by atoms with van der Waals surface area (Å²) in [7, 11) is 0. The zero-order valence-electron chi connectivity index (χ0n) is 16.9. The van der Waals surface area contributed by atoms with E-state index < -0.39 is 5.41 Å². The van der Waals surface area contributed by atoms with Gasteiger partial charge in [0.1, 0.15) is 6.54 Å². The second-order valence-electron chi connectivity index (χ2n) is 8.17. The van der Waals surface area contributed by atoms with E-state index in [-0.39, 0.29) is 24.4 Å². The molecule has 5 heteroatoms. The summed E-state index contributed by atoms with van der Waals surface area (Å²) >= 11 is 1.75. The van der Waals surface area contributed by atoms with E-state index in [9.17, 15) is 9.59 Å². The van der Waals surface area contributed by atoms with Crippen LogP contribution in [0.15, 0.2) is 54.4 Å². The Morgan fingerprint density at radius 2 is 1.96 bits per heavy atom. The first-order valence-electron chi connectivity index (χ1n) is 9.64. The molecule has 1 atom stereocenters. The van der Waals surface area contributed by atoms with Crippen molar-refractivity contribution in [3.05, 3.63) is 70.4 Å². The lowest BCUT2D eigenvalue weighted by molar-refractivity contribution is -0.145. The highest BCUT2D eigenvalue weighted by Gasteiger charge is 2.35. The quantitative estimate of drug-likeness (QED) is 0.708. The smallest absolute Gasteiger partial charge is 0.243 e. The van der Waals surface area contributed by atoms with Gasteiger partial charge in [0.2, 0.25) is 11.8 Å². The Morgan fingerprint density at radius 1 is 1.25 bits per heavy atom. The minimum atomic E-state index is -0.537. The molecule has 2 aromatic rings. The van der Waals surface area contributed by atoms with Gasteiger partial charge in [0, 0.05) is 23.4 Å². The Kier molecular flexibility index (Phi) is 6.04. The zero-order chi connectivity index (χ0) is 20.3. The minimum absolute atomic E-state index is 0.0230. The molecule has 4 nitrogen and oxygen atoms in total. The average molecular weight is 397 g/mol. The Balaban J connectivity index is 1.89. The predicted octanol–water partition coefficient (Wildman–Crippen LogP) is 4.28. The molecule has 0 N–H and O–H groups in total. The zero-order valence-corrected chi connectivity index (χ0v) is 17.7. The van der Waals surface area contributed by atoms with Crippen molar-refractivity contribution in [2.24, 2.45) is 5.41 Å². The van der Waals surface area contributed by atoms with Crippen molar-refractivity contribution in [1.29, 1.82) is 0 Å². The highest BCUT2D eigenvalue weighted by atomic mass is 32.1. The van der Waals surface area contributed by atoms with Gasteiger partial charge in [-0.1, -0.05) is 57.2 Å². The van der Waals surface area contributed by atoms with Crippen LogP contribution < -0.4 is 0 Å². The first-order chi connectivity index (χ1) is 13.3. The predicted molar refractivity (Wildman–Crippen MR) is 114 cm³/mol. The lowest BCUT2D eigenvalue weighted by Gasteiger charge is -2.38. The second-order valence-corrected chi connectivity index (χ2v) is 9.17. The topological polar surface area (TPSA) is 40.6 Å².